The van der Waals surface area contributed by atoms with Gasteiger partial charge in [0.05, 0.1) is 17.7 Å². The summed E-state index contributed by atoms with van der Waals surface area (Å²) in [5.41, 5.74) is 1.52. The van der Waals surface area contributed by atoms with Crippen molar-refractivity contribution in [2.24, 2.45) is 0 Å². The number of methoxy groups -OCH3 is 1. The van der Waals surface area contributed by atoms with Crippen LogP contribution in [0.25, 0.3) is 0 Å². The zero-order valence-electron chi connectivity index (χ0n) is 15.9. The Bertz CT molecular complexity index is 1100. The molecule has 0 atom stereocenters. The van der Waals surface area contributed by atoms with Gasteiger partial charge in [0.15, 0.2) is 0 Å². The highest BCUT2D eigenvalue weighted by Crippen LogP contribution is 2.25. The molecular weight excluding hydrogens is 408 g/mol. The lowest BCUT2D eigenvalue weighted by atomic mass is 10.2. The minimum absolute atomic E-state index is 0.119. The number of benzene rings is 3. The molecule has 1 amide bonds. The van der Waals surface area contributed by atoms with Crippen molar-refractivity contribution in [2.45, 2.75) is 9.79 Å². The highest BCUT2D eigenvalue weighted by molar-refractivity contribution is 7.98. The Kier molecular flexibility index (Phi) is 6.46. The molecule has 0 aromatic heterocycles. The van der Waals surface area contributed by atoms with Crippen LogP contribution in [0, 0.1) is 0 Å². The lowest BCUT2D eigenvalue weighted by Crippen LogP contribution is -2.14. The standard InChI is InChI=1S/C21H20N2O4S2/c1-27-17-11-13-18(14-12-17)29(25,26)23-16-9-7-15(8-10-16)21(24)22-19-5-3-4-6-20(19)28-2/h3-14,23H,1-2H3,(H,22,24). The van der Waals surface area contributed by atoms with Gasteiger partial charge in [0.1, 0.15) is 5.75 Å². The van der Waals surface area contributed by atoms with Gasteiger partial charge in [0.2, 0.25) is 0 Å². The zero-order valence-corrected chi connectivity index (χ0v) is 17.5. The number of ether oxygens (including phenoxy) is 1. The van der Waals surface area contributed by atoms with Gasteiger partial charge in [-0.05, 0) is 66.9 Å². The first-order chi connectivity index (χ1) is 13.9. The van der Waals surface area contributed by atoms with E-state index in [1.807, 2.05) is 30.5 Å². The number of nitrogens with one attached hydrogen (secondary N) is 2. The summed E-state index contributed by atoms with van der Waals surface area (Å²) >= 11 is 1.54. The van der Waals surface area contributed by atoms with Crippen LogP contribution in [0.2, 0.25) is 0 Å². The van der Waals surface area contributed by atoms with Gasteiger partial charge in [-0.2, -0.15) is 0 Å². The maximum atomic E-state index is 12.5. The van der Waals surface area contributed by atoms with Crippen LogP contribution in [0.4, 0.5) is 11.4 Å². The summed E-state index contributed by atoms with van der Waals surface area (Å²) in [6.45, 7) is 0. The summed E-state index contributed by atoms with van der Waals surface area (Å²) in [6, 6.07) is 19.9. The lowest BCUT2D eigenvalue weighted by Gasteiger charge is -2.11. The quantitative estimate of drug-likeness (QED) is 0.543. The fraction of sp³-hybridized carbons (Fsp3) is 0.0952. The van der Waals surface area contributed by atoms with Crippen molar-refractivity contribution in [3.63, 3.8) is 0 Å². The second-order valence-corrected chi connectivity index (χ2v) is 8.54. The van der Waals surface area contributed by atoms with Crippen LogP contribution in [-0.2, 0) is 10.0 Å². The molecule has 0 bridgehead atoms. The SMILES string of the molecule is COc1ccc(S(=O)(=O)Nc2ccc(C(=O)Nc3ccccc3SC)cc2)cc1. The predicted molar refractivity (Wildman–Crippen MR) is 116 cm³/mol. The van der Waals surface area contributed by atoms with Crippen LogP contribution >= 0.6 is 11.8 Å². The molecule has 8 heteroatoms. The molecule has 0 saturated carbocycles. The maximum Gasteiger partial charge on any atom is 0.261 e. The Hall–Kier alpha value is -2.97. The van der Waals surface area contributed by atoms with Crippen molar-refractivity contribution in [3.05, 3.63) is 78.4 Å². The fourth-order valence-electron chi connectivity index (χ4n) is 2.60. The zero-order chi connectivity index (χ0) is 20.9. The Labute approximate surface area is 174 Å². The third kappa shape index (κ3) is 5.10. The van der Waals surface area contributed by atoms with Crippen LogP contribution in [0.3, 0.4) is 0 Å². The van der Waals surface area contributed by atoms with E-state index in [2.05, 4.69) is 10.0 Å². The molecule has 150 valence electrons. The van der Waals surface area contributed by atoms with E-state index in [4.69, 9.17) is 4.74 Å². The normalized spacial score (nSPS) is 11.0. The molecule has 0 saturated heterocycles. The molecule has 0 aliphatic carbocycles. The Morgan fingerprint density at radius 3 is 2.21 bits per heavy atom. The van der Waals surface area contributed by atoms with Crippen LogP contribution < -0.4 is 14.8 Å². The van der Waals surface area contributed by atoms with Crippen LogP contribution in [-0.4, -0.2) is 27.7 Å². The van der Waals surface area contributed by atoms with Crippen molar-refractivity contribution < 1.29 is 17.9 Å². The van der Waals surface area contributed by atoms with Gasteiger partial charge in [-0.1, -0.05) is 12.1 Å². The van der Waals surface area contributed by atoms with Crippen molar-refractivity contribution in [1.29, 1.82) is 0 Å². The number of carbonyl (C=O) groups excluding carboxylic acids is 1. The first kappa shape index (κ1) is 20.8. The van der Waals surface area contributed by atoms with Gasteiger partial charge in [0, 0.05) is 16.1 Å². The average Bonchev–Trinajstić information content (AvgIpc) is 2.74. The molecule has 3 rings (SSSR count). The third-order valence-corrected chi connectivity index (χ3v) is 6.32. The van der Waals surface area contributed by atoms with Gasteiger partial charge in [0.25, 0.3) is 15.9 Å². The largest absolute Gasteiger partial charge is 0.497 e. The fourth-order valence-corrected chi connectivity index (χ4v) is 4.21. The molecule has 0 fully saturated rings. The van der Waals surface area contributed by atoms with E-state index in [1.165, 1.54) is 19.2 Å². The molecule has 29 heavy (non-hydrogen) atoms. The molecule has 0 heterocycles. The van der Waals surface area contributed by atoms with E-state index in [0.29, 0.717) is 17.0 Å². The Morgan fingerprint density at radius 1 is 0.931 bits per heavy atom. The summed E-state index contributed by atoms with van der Waals surface area (Å²) in [4.78, 5) is 13.6. The van der Waals surface area contributed by atoms with Crippen LogP contribution in [0.1, 0.15) is 10.4 Å². The average molecular weight is 429 g/mol. The summed E-state index contributed by atoms with van der Waals surface area (Å²) < 4.78 is 32.5. The molecule has 0 unspecified atom stereocenters. The monoisotopic (exact) mass is 428 g/mol. The van der Waals surface area contributed by atoms with Gasteiger partial charge in [-0.15, -0.1) is 11.8 Å². The van der Waals surface area contributed by atoms with Crippen LogP contribution in [0.15, 0.2) is 82.6 Å². The van der Waals surface area contributed by atoms with Crippen molar-refractivity contribution in [3.8, 4) is 5.75 Å². The molecule has 0 aliphatic rings. The van der Waals surface area contributed by atoms with Gasteiger partial charge in [-0.3, -0.25) is 9.52 Å². The van der Waals surface area contributed by atoms with Gasteiger partial charge >= 0.3 is 0 Å². The van der Waals surface area contributed by atoms with Crippen molar-refractivity contribution >= 4 is 39.1 Å². The molecule has 0 radical (unpaired) electrons. The van der Waals surface area contributed by atoms with E-state index in [1.54, 1.807) is 48.2 Å². The van der Waals surface area contributed by atoms with Gasteiger partial charge < -0.3 is 10.1 Å². The summed E-state index contributed by atoms with van der Waals surface area (Å²) in [7, 11) is -2.22. The molecule has 0 spiro atoms. The smallest absolute Gasteiger partial charge is 0.261 e. The predicted octanol–water partition coefficient (Wildman–Crippen LogP) is 4.47. The van der Waals surface area contributed by atoms with E-state index in [-0.39, 0.29) is 10.8 Å². The van der Waals surface area contributed by atoms with E-state index in [9.17, 15) is 13.2 Å². The van der Waals surface area contributed by atoms with Crippen molar-refractivity contribution in [1.82, 2.24) is 0 Å². The van der Waals surface area contributed by atoms with E-state index >= 15 is 0 Å². The third-order valence-electron chi connectivity index (χ3n) is 4.12. The topological polar surface area (TPSA) is 84.5 Å². The Balaban J connectivity index is 1.71. The summed E-state index contributed by atoms with van der Waals surface area (Å²) in [5, 5.41) is 2.87. The second kappa shape index (κ2) is 9.02. The highest BCUT2D eigenvalue weighted by Gasteiger charge is 2.15. The molecule has 3 aromatic carbocycles. The van der Waals surface area contributed by atoms with E-state index in [0.717, 1.165) is 10.6 Å². The number of carbonyl (C=O) groups is 1. The number of sulfonamides is 1. The number of rotatable bonds is 7. The van der Waals surface area contributed by atoms with E-state index < -0.39 is 10.0 Å². The first-order valence-electron chi connectivity index (χ1n) is 8.64. The molecular formula is C21H20N2O4S2. The van der Waals surface area contributed by atoms with Crippen molar-refractivity contribution in [2.75, 3.05) is 23.4 Å². The maximum absolute atomic E-state index is 12.5. The number of anilines is 2. The lowest BCUT2D eigenvalue weighted by molar-refractivity contribution is 0.102. The number of amides is 1. The number of hydrogen-bond acceptors (Lipinski definition) is 5. The number of para-hydroxylation sites is 1. The summed E-state index contributed by atoms with van der Waals surface area (Å²) in [5.74, 6) is 0.304. The Morgan fingerprint density at radius 2 is 1.59 bits per heavy atom. The minimum atomic E-state index is -3.74. The molecule has 3 aromatic rings. The first-order valence-corrected chi connectivity index (χ1v) is 11.3. The number of hydrogen-bond donors (Lipinski definition) is 2. The highest BCUT2D eigenvalue weighted by atomic mass is 32.2. The summed E-state index contributed by atoms with van der Waals surface area (Å²) in [6.07, 6.45) is 1.94. The minimum Gasteiger partial charge on any atom is -0.497 e. The van der Waals surface area contributed by atoms with Crippen LogP contribution in [0.5, 0.6) is 5.75 Å². The second-order valence-electron chi connectivity index (χ2n) is 6.01. The molecule has 0 aliphatic heterocycles. The molecule has 6 nitrogen and oxygen atoms in total. The molecule has 2 N–H and O–H groups in total. The number of thioether (sulfide) groups is 1. The van der Waals surface area contributed by atoms with Gasteiger partial charge in [-0.25, -0.2) is 8.42 Å².